The molecule has 3 heterocycles. The standard InChI is InChI=1S/C21H23F3N6O/c1-13-15(12-29(3)26-13)11-28(2)20(31)17-10-19-25-16(14-7-5-4-6-8-14)9-18(21(22,23)24)30(19)27-17/h4-8,10,12,16,18,25H,9,11H2,1-3H3/t16-,18-/m0/s1. The first-order valence-electron chi connectivity index (χ1n) is 9.86. The Labute approximate surface area is 177 Å². The van der Waals surface area contributed by atoms with E-state index < -0.39 is 24.2 Å². The number of nitrogens with one attached hydrogen (secondary N) is 1. The molecular formula is C21H23F3N6O. The Hall–Kier alpha value is -3.30. The van der Waals surface area contributed by atoms with Gasteiger partial charge in [0.15, 0.2) is 11.7 Å². The van der Waals surface area contributed by atoms with Gasteiger partial charge in [-0.05, 0) is 12.5 Å². The first-order valence-corrected chi connectivity index (χ1v) is 9.86. The number of aryl methyl sites for hydroxylation is 2. The first kappa shape index (κ1) is 21.0. The van der Waals surface area contributed by atoms with Gasteiger partial charge in [-0.3, -0.25) is 9.48 Å². The number of benzene rings is 1. The van der Waals surface area contributed by atoms with Crippen molar-refractivity contribution in [1.82, 2.24) is 24.5 Å². The van der Waals surface area contributed by atoms with Gasteiger partial charge in [-0.25, -0.2) is 4.68 Å². The Bertz CT molecular complexity index is 1090. The fourth-order valence-electron chi connectivity index (χ4n) is 3.91. The van der Waals surface area contributed by atoms with Crippen molar-refractivity contribution in [3.8, 4) is 0 Å². The van der Waals surface area contributed by atoms with Crippen LogP contribution in [0.5, 0.6) is 0 Å². The highest BCUT2D eigenvalue weighted by Gasteiger charge is 2.46. The lowest BCUT2D eigenvalue weighted by Gasteiger charge is -2.33. The zero-order valence-corrected chi connectivity index (χ0v) is 17.4. The molecule has 2 aromatic heterocycles. The van der Waals surface area contributed by atoms with Crippen LogP contribution in [0.2, 0.25) is 0 Å². The van der Waals surface area contributed by atoms with Gasteiger partial charge in [0.2, 0.25) is 0 Å². The Morgan fingerprint density at radius 3 is 2.58 bits per heavy atom. The molecule has 31 heavy (non-hydrogen) atoms. The molecule has 7 nitrogen and oxygen atoms in total. The van der Waals surface area contributed by atoms with Crippen molar-refractivity contribution in [2.45, 2.75) is 38.1 Å². The number of hydrogen-bond donors (Lipinski definition) is 1. The van der Waals surface area contributed by atoms with Crippen molar-refractivity contribution in [3.63, 3.8) is 0 Å². The molecule has 0 bridgehead atoms. The molecule has 0 fully saturated rings. The van der Waals surface area contributed by atoms with Gasteiger partial charge in [-0.15, -0.1) is 0 Å². The summed E-state index contributed by atoms with van der Waals surface area (Å²) in [7, 11) is 3.38. The Morgan fingerprint density at radius 1 is 1.26 bits per heavy atom. The highest BCUT2D eigenvalue weighted by Crippen LogP contribution is 2.43. The van der Waals surface area contributed by atoms with E-state index >= 15 is 0 Å². The second-order valence-corrected chi connectivity index (χ2v) is 7.83. The Balaban J connectivity index is 1.61. The molecule has 1 aliphatic heterocycles. The monoisotopic (exact) mass is 432 g/mol. The van der Waals surface area contributed by atoms with Crippen molar-refractivity contribution >= 4 is 11.7 Å². The summed E-state index contributed by atoms with van der Waals surface area (Å²) in [5, 5.41) is 11.4. The lowest BCUT2D eigenvalue weighted by molar-refractivity contribution is -0.173. The van der Waals surface area contributed by atoms with Gasteiger partial charge in [-0.2, -0.15) is 23.4 Å². The highest BCUT2D eigenvalue weighted by atomic mass is 19.4. The van der Waals surface area contributed by atoms with Crippen LogP contribution in [0.1, 0.15) is 45.8 Å². The molecule has 0 radical (unpaired) electrons. The number of amides is 1. The average Bonchev–Trinajstić information content (AvgIpc) is 3.28. The summed E-state index contributed by atoms with van der Waals surface area (Å²) in [5.74, 6) is -0.277. The van der Waals surface area contributed by atoms with Gasteiger partial charge in [0, 0.05) is 44.9 Å². The molecule has 1 N–H and O–H groups in total. The minimum Gasteiger partial charge on any atom is -0.363 e. The van der Waals surface area contributed by atoms with Crippen LogP contribution in [-0.2, 0) is 13.6 Å². The van der Waals surface area contributed by atoms with Crippen molar-refractivity contribution in [3.05, 3.63) is 65.1 Å². The van der Waals surface area contributed by atoms with Crippen LogP contribution in [0.3, 0.4) is 0 Å². The smallest absolute Gasteiger partial charge is 0.363 e. The maximum atomic E-state index is 13.8. The van der Waals surface area contributed by atoms with E-state index in [1.165, 1.54) is 11.0 Å². The number of carbonyl (C=O) groups is 1. The lowest BCUT2D eigenvalue weighted by atomic mass is 9.97. The van der Waals surface area contributed by atoms with Crippen LogP contribution >= 0.6 is 0 Å². The van der Waals surface area contributed by atoms with Gasteiger partial charge >= 0.3 is 6.18 Å². The topological polar surface area (TPSA) is 68.0 Å². The van der Waals surface area contributed by atoms with Crippen molar-refractivity contribution in [1.29, 1.82) is 0 Å². The number of fused-ring (bicyclic) bond motifs is 1. The molecule has 2 atom stereocenters. The van der Waals surface area contributed by atoms with Crippen LogP contribution in [0.15, 0.2) is 42.6 Å². The van der Waals surface area contributed by atoms with Crippen LogP contribution in [0, 0.1) is 6.92 Å². The van der Waals surface area contributed by atoms with E-state index in [2.05, 4.69) is 15.5 Å². The lowest BCUT2D eigenvalue weighted by Crippen LogP contribution is -2.35. The molecule has 4 rings (SSSR count). The summed E-state index contributed by atoms with van der Waals surface area (Å²) >= 11 is 0. The Kier molecular flexibility index (Phi) is 5.24. The molecule has 0 saturated carbocycles. The molecule has 1 aromatic carbocycles. The number of halogens is 3. The van der Waals surface area contributed by atoms with Crippen molar-refractivity contribution in [2.75, 3.05) is 12.4 Å². The number of rotatable bonds is 4. The summed E-state index contributed by atoms with van der Waals surface area (Å²) < 4.78 is 44.0. The number of anilines is 1. The quantitative estimate of drug-likeness (QED) is 0.680. The van der Waals surface area contributed by atoms with Crippen molar-refractivity contribution < 1.29 is 18.0 Å². The van der Waals surface area contributed by atoms with E-state index in [1.54, 1.807) is 43.0 Å². The third-order valence-electron chi connectivity index (χ3n) is 5.48. The van der Waals surface area contributed by atoms with Gasteiger partial charge in [0.25, 0.3) is 5.91 Å². The summed E-state index contributed by atoms with van der Waals surface area (Å²) in [6, 6.07) is 8.00. The number of carbonyl (C=O) groups excluding carboxylic acids is 1. The van der Waals surface area contributed by atoms with E-state index in [-0.39, 0.29) is 24.5 Å². The predicted octanol–water partition coefficient (Wildman–Crippen LogP) is 3.86. The third kappa shape index (κ3) is 4.14. The molecule has 10 heteroatoms. The fraction of sp³-hybridized carbons (Fsp3) is 0.381. The van der Waals surface area contributed by atoms with E-state index in [9.17, 15) is 18.0 Å². The largest absolute Gasteiger partial charge is 0.410 e. The van der Waals surface area contributed by atoms with Crippen LogP contribution < -0.4 is 5.32 Å². The summed E-state index contributed by atoms with van der Waals surface area (Å²) in [6.45, 7) is 2.12. The first-order chi connectivity index (χ1) is 14.6. The average molecular weight is 432 g/mol. The Morgan fingerprint density at radius 2 is 1.97 bits per heavy atom. The van der Waals surface area contributed by atoms with Gasteiger partial charge in [0.05, 0.1) is 11.7 Å². The molecular weight excluding hydrogens is 409 g/mol. The maximum Gasteiger partial charge on any atom is 0.410 e. The van der Waals surface area contributed by atoms with Crippen molar-refractivity contribution in [2.24, 2.45) is 7.05 Å². The molecule has 0 saturated heterocycles. The van der Waals surface area contributed by atoms with E-state index in [0.717, 1.165) is 21.5 Å². The zero-order chi connectivity index (χ0) is 22.3. The minimum absolute atomic E-state index is 0.0329. The summed E-state index contributed by atoms with van der Waals surface area (Å²) in [4.78, 5) is 14.3. The van der Waals surface area contributed by atoms with E-state index in [0.29, 0.717) is 0 Å². The summed E-state index contributed by atoms with van der Waals surface area (Å²) in [5.41, 5.74) is 2.37. The number of nitrogens with zero attached hydrogens (tertiary/aromatic N) is 5. The minimum atomic E-state index is -4.49. The van der Waals surface area contributed by atoms with Crippen LogP contribution in [-0.4, -0.2) is 43.6 Å². The number of aromatic nitrogens is 4. The van der Waals surface area contributed by atoms with Gasteiger partial charge in [0.1, 0.15) is 5.82 Å². The molecule has 3 aromatic rings. The molecule has 1 aliphatic rings. The number of alkyl halides is 3. The zero-order valence-electron chi connectivity index (χ0n) is 17.4. The molecule has 1 amide bonds. The predicted molar refractivity (Wildman–Crippen MR) is 108 cm³/mol. The SMILES string of the molecule is Cc1nn(C)cc1CN(C)C(=O)c1cc2n(n1)[C@H](C(F)(F)F)C[C@@H](c1ccccc1)N2. The van der Waals surface area contributed by atoms with Gasteiger partial charge < -0.3 is 10.2 Å². The molecule has 0 aliphatic carbocycles. The van der Waals surface area contributed by atoms with E-state index in [4.69, 9.17) is 0 Å². The highest BCUT2D eigenvalue weighted by molar-refractivity contribution is 5.93. The van der Waals surface area contributed by atoms with Crippen LogP contribution in [0.25, 0.3) is 0 Å². The van der Waals surface area contributed by atoms with Crippen LogP contribution in [0.4, 0.5) is 19.0 Å². The molecule has 0 spiro atoms. The van der Waals surface area contributed by atoms with Gasteiger partial charge in [-0.1, -0.05) is 30.3 Å². The molecule has 164 valence electrons. The third-order valence-corrected chi connectivity index (χ3v) is 5.48. The summed E-state index contributed by atoms with van der Waals surface area (Å²) in [6.07, 6.45) is -2.89. The fourth-order valence-corrected chi connectivity index (χ4v) is 3.91. The maximum absolute atomic E-state index is 13.8. The molecule has 0 unspecified atom stereocenters. The number of hydrogen-bond acceptors (Lipinski definition) is 4. The normalized spacial score (nSPS) is 18.4. The second kappa shape index (κ2) is 7.75. The second-order valence-electron chi connectivity index (χ2n) is 7.83. The van der Waals surface area contributed by atoms with E-state index in [1.807, 2.05) is 19.2 Å².